The van der Waals surface area contributed by atoms with Gasteiger partial charge in [0, 0.05) is 31.4 Å². The minimum atomic E-state index is -4.65. The molecule has 278 valence electrons. The van der Waals surface area contributed by atoms with Crippen molar-refractivity contribution in [1.82, 2.24) is 28.9 Å². The number of aryl methyl sites for hydroxylation is 1. The Morgan fingerprint density at radius 1 is 1.19 bits per heavy atom. The summed E-state index contributed by atoms with van der Waals surface area (Å²) in [4.78, 5) is 36.9. The molecule has 1 amide bonds. The van der Waals surface area contributed by atoms with E-state index in [9.17, 15) is 27.9 Å². The Kier molecular flexibility index (Phi) is 9.71. The number of rotatable bonds is 8. The summed E-state index contributed by atoms with van der Waals surface area (Å²) in [5.74, 6) is 0.125. The van der Waals surface area contributed by atoms with Crippen LogP contribution < -0.4 is 20.7 Å². The van der Waals surface area contributed by atoms with Crippen LogP contribution in [0.4, 0.5) is 30.2 Å². The van der Waals surface area contributed by atoms with Gasteiger partial charge in [-0.2, -0.15) is 27.8 Å². The van der Waals surface area contributed by atoms with Gasteiger partial charge in [0.15, 0.2) is 5.82 Å². The Bertz CT molecular complexity index is 2100. The first-order valence-corrected chi connectivity index (χ1v) is 18.0. The summed E-state index contributed by atoms with van der Waals surface area (Å²) in [7, 11) is 0. The Hall–Kier alpha value is -4.57. The molecule has 13 nitrogen and oxygen atoms in total. The molecule has 4 aromatic rings. The molecule has 52 heavy (non-hydrogen) atoms. The maximum absolute atomic E-state index is 14.4. The van der Waals surface area contributed by atoms with Gasteiger partial charge in [0.1, 0.15) is 17.9 Å². The quantitative estimate of drug-likeness (QED) is 0.236. The van der Waals surface area contributed by atoms with E-state index in [1.807, 2.05) is 24.8 Å². The second-order valence-corrected chi connectivity index (χ2v) is 14.1. The summed E-state index contributed by atoms with van der Waals surface area (Å²) >= 11 is 5.98. The van der Waals surface area contributed by atoms with E-state index < -0.39 is 22.7 Å². The Balaban J connectivity index is 1.24. The minimum Gasteiger partial charge on any atom is -0.492 e. The minimum absolute atomic E-state index is 0.122. The monoisotopic (exact) mass is 743 g/mol. The number of hydrogen-bond donors (Lipinski definition) is 2. The highest BCUT2D eigenvalue weighted by Crippen LogP contribution is 2.39. The SMILES string of the molecule is CCc1c(N2CCN(c3cnn(C4CCCC4)c3O)[C@H](C)C2)c(=O)n2nc(C3=CCOCC3)nc2n1CC(=O)Nc1cc(Cl)c(C(F)(F)F)cc1C. The standard InChI is InChI=1S/C35H41ClF3N9O4/c1-4-27-30(44-11-12-45(21(3)18-44)28-17-40-47(32(28)50)23-7-5-6-8-23)33(51)48-34(42-31(43-48)22-9-13-52-14-10-22)46(27)19-29(49)41-26-16-25(36)24(15-20(26)2)35(37,38)39/h9,15-17,21,23,50H,4-8,10-14,18-19H2,1-3H3,(H,41,49)/t21-/m1/s1. The van der Waals surface area contributed by atoms with Crippen LogP contribution in [0.25, 0.3) is 11.4 Å². The third-order valence-corrected chi connectivity index (χ3v) is 10.6. The van der Waals surface area contributed by atoms with Crippen molar-refractivity contribution in [2.24, 2.45) is 0 Å². The van der Waals surface area contributed by atoms with E-state index in [0.717, 1.165) is 43.4 Å². The number of anilines is 3. The lowest BCUT2D eigenvalue weighted by molar-refractivity contribution is -0.137. The van der Waals surface area contributed by atoms with E-state index >= 15 is 0 Å². The highest BCUT2D eigenvalue weighted by molar-refractivity contribution is 6.31. The average Bonchev–Trinajstić information content (AvgIpc) is 3.88. The number of aromatic nitrogens is 6. The third kappa shape index (κ3) is 6.62. The summed E-state index contributed by atoms with van der Waals surface area (Å²) in [6.45, 7) is 7.29. The molecule has 3 aliphatic rings. The molecule has 1 saturated heterocycles. The number of ether oxygens (including phenoxy) is 1. The molecule has 5 heterocycles. The Morgan fingerprint density at radius 2 is 1.96 bits per heavy atom. The first-order valence-electron chi connectivity index (χ1n) is 17.6. The van der Waals surface area contributed by atoms with Crippen LogP contribution in [-0.4, -0.2) is 78.8 Å². The zero-order chi connectivity index (χ0) is 36.9. The summed E-state index contributed by atoms with van der Waals surface area (Å²) in [5, 5.41) is 22.5. The molecule has 1 atom stereocenters. The molecular weight excluding hydrogens is 703 g/mol. The number of amides is 1. The summed E-state index contributed by atoms with van der Waals surface area (Å²) < 4.78 is 50.4. The van der Waals surface area contributed by atoms with Crippen molar-refractivity contribution in [3.63, 3.8) is 0 Å². The molecule has 2 aliphatic heterocycles. The molecule has 7 rings (SSSR count). The normalized spacial score (nSPS) is 18.8. The Labute approximate surface area is 302 Å². The molecule has 17 heteroatoms. The zero-order valence-electron chi connectivity index (χ0n) is 29.2. The van der Waals surface area contributed by atoms with Crippen molar-refractivity contribution < 1.29 is 27.8 Å². The van der Waals surface area contributed by atoms with E-state index in [2.05, 4.69) is 20.4 Å². The molecular formula is C35H41ClF3N9O4. The average molecular weight is 744 g/mol. The van der Waals surface area contributed by atoms with Gasteiger partial charge >= 0.3 is 6.18 Å². The van der Waals surface area contributed by atoms with Crippen LogP contribution in [0.1, 0.15) is 74.6 Å². The molecule has 3 aromatic heterocycles. The lowest BCUT2D eigenvalue weighted by Gasteiger charge is -2.42. The van der Waals surface area contributed by atoms with Gasteiger partial charge in [-0.05, 0) is 62.8 Å². The number of halogens is 4. The van der Waals surface area contributed by atoms with E-state index in [1.54, 1.807) is 15.4 Å². The highest BCUT2D eigenvalue weighted by Gasteiger charge is 2.35. The summed E-state index contributed by atoms with van der Waals surface area (Å²) in [6, 6.07) is 2.05. The fourth-order valence-corrected chi connectivity index (χ4v) is 7.92. The van der Waals surface area contributed by atoms with Gasteiger partial charge in [-0.1, -0.05) is 37.4 Å². The number of nitrogens with one attached hydrogen (secondary N) is 1. The largest absolute Gasteiger partial charge is 0.492 e. The topological polar surface area (TPSA) is 135 Å². The van der Waals surface area contributed by atoms with Crippen LogP contribution in [-0.2, 0) is 28.7 Å². The number of benzene rings is 1. The maximum Gasteiger partial charge on any atom is 0.417 e. The molecule has 0 spiro atoms. The van der Waals surface area contributed by atoms with Crippen LogP contribution >= 0.6 is 11.6 Å². The number of carbonyl (C=O) groups is 1. The summed E-state index contributed by atoms with van der Waals surface area (Å²) in [6.07, 6.45) is 4.03. The van der Waals surface area contributed by atoms with Crippen molar-refractivity contribution in [2.75, 3.05) is 48.0 Å². The van der Waals surface area contributed by atoms with Crippen molar-refractivity contribution in [3.05, 3.63) is 62.4 Å². The van der Waals surface area contributed by atoms with E-state index in [4.69, 9.17) is 21.3 Å². The molecule has 0 radical (unpaired) electrons. The van der Waals surface area contributed by atoms with Gasteiger partial charge in [-0.3, -0.25) is 9.59 Å². The number of alkyl halides is 3. The van der Waals surface area contributed by atoms with Gasteiger partial charge in [-0.25, -0.2) is 4.68 Å². The van der Waals surface area contributed by atoms with Crippen LogP contribution in [0.2, 0.25) is 5.02 Å². The van der Waals surface area contributed by atoms with Gasteiger partial charge < -0.3 is 29.5 Å². The molecule has 0 bridgehead atoms. The van der Waals surface area contributed by atoms with E-state index in [0.29, 0.717) is 68.6 Å². The zero-order valence-corrected chi connectivity index (χ0v) is 30.0. The van der Waals surface area contributed by atoms with Crippen LogP contribution in [0, 0.1) is 6.92 Å². The van der Waals surface area contributed by atoms with Gasteiger partial charge in [0.2, 0.25) is 17.6 Å². The predicted molar refractivity (Wildman–Crippen MR) is 190 cm³/mol. The number of aromatic hydroxyl groups is 1. The molecule has 0 unspecified atom stereocenters. The van der Waals surface area contributed by atoms with Gasteiger partial charge in [-0.15, -0.1) is 5.10 Å². The first-order chi connectivity index (χ1) is 24.8. The van der Waals surface area contributed by atoms with E-state index in [1.165, 1.54) is 11.4 Å². The fraction of sp³-hybridized carbons (Fsp3) is 0.514. The molecule has 2 fully saturated rings. The molecule has 2 N–H and O–H groups in total. The van der Waals surface area contributed by atoms with Gasteiger partial charge in [0.25, 0.3) is 5.56 Å². The predicted octanol–water partition coefficient (Wildman–Crippen LogP) is 5.61. The number of carbonyl (C=O) groups excluding carboxylic acids is 1. The smallest absolute Gasteiger partial charge is 0.417 e. The molecule has 1 saturated carbocycles. The lowest BCUT2D eigenvalue weighted by Crippen LogP contribution is -2.54. The van der Waals surface area contributed by atoms with Crippen molar-refractivity contribution in [3.8, 4) is 5.88 Å². The van der Waals surface area contributed by atoms with Crippen molar-refractivity contribution in [1.29, 1.82) is 0 Å². The Morgan fingerprint density at radius 3 is 2.63 bits per heavy atom. The molecule has 1 aliphatic carbocycles. The van der Waals surface area contributed by atoms with Crippen LogP contribution in [0.5, 0.6) is 5.88 Å². The lowest BCUT2D eigenvalue weighted by atomic mass is 10.1. The number of hydrogen-bond acceptors (Lipinski definition) is 9. The number of fused-ring (bicyclic) bond motifs is 1. The summed E-state index contributed by atoms with van der Waals surface area (Å²) in [5.41, 5.74) is 1.38. The first kappa shape index (κ1) is 35.8. The van der Waals surface area contributed by atoms with E-state index in [-0.39, 0.29) is 47.1 Å². The van der Waals surface area contributed by atoms with Gasteiger partial charge in [0.05, 0.1) is 41.7 Å². The highest BCUT2D eigenvalue weighted by atomic mass is 35.5. The fourth-order valence-electron chi connectivity index (χ4n) is 7.65. The second-order valence-electron chi connectivity index (χ2n) is 13.7. The third-order valence-electron chi connectivity index (χ3n) is 10.3. The second kappa shape index (κ2) is 14.1. The van der Waals surface area contributed by atoms with Crippen molar-refractivity contribution >= 4 is 45.9 Å². The van der Waals surface area contributed by atoms with Crippen LogP contribution in [0.15, 0.2) is 29.2 Å². The number of piperazine rings is 1. The van der Waals surface area contributed by atoms with Crippen LogP contribution in [0.3, 0.4) is 0 Å². The number of nitrogens with zero attached hydrogens (tertiary/aromatic N) is 8. The van der Waals surface area contributed by atoms with Crippen molar-refractivity contribution in [2.45, 2.75) is 84.1 Å². The molecule has 1 aromatic carbocycles. The maximum atomic E-state index is 14.4.